The molecule has 0 aliphatic carbocycles. The van der Waals surface area contributed by atoms with Gasteiger partial charge in [-0.2, -0.15) is 26.3 Å². The number of benzene rings is 1. The molecule has 2 atom stereocenters. The molecule has 140 valence electrons. The van der Waals surface area contributed by atoms with Crippen LogP contribution in [0.4, 0.5) is 26.3 Å². The van der Waals surface area contributed by atoms with Gasteiger partial charge in [0.05, 0.1) is 30.6 Å². The van der Waals surface area contributed by atoms with E-state index in [0.29, 0.717) is 12.1 Å². The molecule has 0 saturated heterocycles. The molecule has 11 heteroatoms. The van der Waals surface area contributed by atoms with Gasteiger partial charge < -0.3 is 4.74 Å². The molecule has 0 fully saturated rings. The van der Waals surface area contributed by atoms with E-state index in [0.717, 1.165) is 14.0 Å². The molecule has 0 heterocycles. The van der Waals surface area contributed by atoms with Gasteiger partial charge in [-0.05, 0) is 23.8 Å². The number of hydrogen-bond donors (Lipinski definition) is 0. The molecular formula is C14H13F6NO4. The van der Waals surface area contributed by atoms with E-state index in [4.69, 9.17) is 0 Å². The van der Waals surface area contributed by atoms with Crippen LogP contribution in [0.3, 0.4) is 0 Å². The summed E-state index contributed by atoms with van der Waals surface area (Å²) in [5.74, 6) is -2.52. The zero-order chi connectivity index (χ0) is 19.6. The zero-order valence-electron chi connectivity index (χ0n) is 12.9. The molecule has 0 aliphatic heterocycles. The molecule has 1 aromatic carbocycles. The summed E-state index contributed by atoms with van der Waals surface area (Å²) in [6.45, 7) is 0.987. The van der Waals surface area contributed by atoms with E-state index >= 15 is 0 Å². The van der Waals surface area contributed by atoms with Crippen molar-refractivity contribution in [1.29, 1.82) is 0 Å². The summed E-state index contributed by atoms with van der Waals surface area (Å²) in [4.78, 5) is 21.5. The van der Waals surface area contributed by atoms with E-state index < -0.39 is 58.3 Å². The largest absolute Gasteiger partial charge is 0.469 e. The Kier molecular flexibility index (Phi) is 6.03. The standard InChI is InChI=1S/C14H13F6NO4/c1-7(21(23)24)11(6-12(22)25-2)8-3-9(13(15,16)17)5-10(4-8)14(18,19)20/h3-5,7,11H,6H2,1-2H3. The van der Waals surface area contributed by atoms with Crippen molar-refractivity contribution in [1.82, 2.24) is 0 Å². The minimum absolute atomic E-state index is 0.0878. The topological polar surface area (TPSA) is 69.4 Å². The first-order valence-corrected chi connectivity index (χ1v) is 6.77. The first kappa shape index (κ1) is 20.7. The zero-order valence-corrected chi connectivity index (χ0v) is 12.9. The predicted octanol–water partition coefficient (Wildman–Crippen LogP) is 4.04. The Balaban J connectivity index is 3.56. The average molecular weight is 373 g/mol. The van der Waals surface area contributed by atoms with Gasteiger partial charge in [-0.25, -0.2) is 0 Å². The van der Waals surface area contributed by atoms with E-state index in [2.05, 4.69) is 4.74 Å². The molecule has 1 aromatic rings. The number of halogens is 6. The molecule has 0 radical (unpaired) electrons. The second-order valence-electron chi connectivity index (χ2n) is 5.25. The lowest BCUT2D eigenvalue weighted by atomic mass is 9.87. The van der Waals surface area contributed by atoms with Crippen molar-refractivity contribution in [2.75, 3.05) is 7.11 Å². The Morgan fingerprint density at radius 2 is 1.56 bits per heavy atom. The molecule has 0 aromatic heterocycles. The van der Waals surface area contributed by atoms with Crippen molar-refractivity contribution in [2.24, 2.45) is 0 Å². The Morgan fingerprint density at radius 1 is 1.12 bits per heavy atom. The minimum Gasteiger partial charge on any atom is -0.469 e. The van der Waals surface area contributed by atoms with Gasteiger partial charge in [-0.15, -0.1) is 0 Å². The van der Waals surface area contributed by atoms with Crippen LogP contribution in [-0.4, -0.2) is 24.0 Å². The summed E-state index contributed by atoms with van der Waals surface area (Å²) >= 11 is 0. The number of methoxy groups -OCH3 is 1. The summed E-state index contributed by atoms with van der Waals surface area (Å²) in [6, 6.07) is -0.940. The van der Waals surface area contributed by atoms with Crippen LogP contribution in [0.25, 0.3) is 0 Å². The third-order valence-electron chi connectivity index (χ3n) is 3.57. The molecule has 0 saturated carbocycles. The highest BCUT2D eigenvalue weighted by Gasteiger charge is 2.39. The Morgan fingerprint density at radius 3 is 1.88 bits per heavy atom. The molecular weight excluding hydrogens is 360 g/mol. The maximum absolute atomic E-state index is 12.9. The van der Waals surface area contributed by atoms with E-state index in [-0.39, 0.29) is 6.07 Å². The molecule has 0 bridgehead atoms. The number of carbonyl (C=O) groups excluding carboxylic acids is 1. The predicted molar refractivity (Wildman–Crippen MR) is 72.3 cm³/mol. The quantitative estimate of drug-likeness (QED) is 0.338. The van der Waals surface area contributed by atoms with E-state index in [9.17, 15) is 41.3 Å². The van der Waals surface area contributed by atoms with E-state index in [1.54, 1.807) is 0 Å². The fourth-order valence-corrected chi connectivity index (χ4v) is 2.17. The van der Waals surface area contributed by atoms with Gasteiger partial charge in [-0.3, -0.25) is 14.9 Å². The number of ether oxygens (including phenoxy) is 1. The van der Waals surface area contributed by atoms with Crippen LogP contribution < -0.4 is 0 Å². The molecule has 0 spiro atoms. The van der Waals surface area contributed by atoms with Crippen molar-refractivity contribution in [3.63, 3.8) is 0 Å². The molecule has 0 N–H and O–H groups in total. The third kappa shape index (κ3) is 5.33. The van der Waals surface area contributed by atoms with Crippen LogP contribution in [-0.2, 0) is 21.9 Å². The summed E-state index contributed by atoms with van der Waals surface area (Å²) in [6.07, 6.45) is -10.9. The number of hydrogen-bond acceptors (Lipinski definition) is 4. The average Bonchev–Trinajstić information content (AvgIpc) is 2.49. The van der Waals surface area contributed by atoms with Crippen LogP contribution in [0.2, 0.25) is 0 Å². The number of rotatable bonds is 5. The Hall–Kier alpha value is -2.33. The lowest BCUT2D eigenvalue weighted by molar-refractivity contribution is -0.522. The summed E-state index contributed by atoms with van der Waals surface area (Å²) in [7, 11) is 0.948. The molecule has 0 amide bonds. The van der Waals surface area contributed by atoms with Gasteiger partial charge in [0.2, 0.25) is 6.04 Å². The Bertz CT molecular complexity index is 623. The van der Waals surface area contributed by atoms with Crippen molar-refractivity contribution < 1.29 is 40.8 Å². The normalized spacial score (nSPS) is 14.7. The highest BCUT2D eigenvalue weighted by molar-refractivity contribution is 5.70. The van der Waals surface area contributed by atoms with Gasteiger partial charge in [-0.1, -0.05) is 0 Å². The lowest BCUT2D eigenvalue weighted by Crippen LogP contribution is -2.27. The fraction of sp³-hybridized carbons (Fsp3) is 0.500. The molecule has 5 nitrogen and oxygen atoms in total. The highest BCUT2D eigenvalue weighted by atomic mass is 19.4. The van der Waals surface area contributed by atoms with Gasteiger partial charge >= 0.3 is 18.3 Å². The SMILES string of the molecule is COC(=O)CC(c1cc(C(F)(F)F)cc(C(F)(F)F)c1)C(C)[N+](=O)[O-]. The van der Waals surface area contributed by atoms with Crippen molar-refractivity contribution in [2.45, 2.75) is 37.7 Å². The van der Waals surface area contributed by atoms with E-state index in [1.165, 1.54) is 0 Å². The maximum atomic E-state index is 12.9. The number of alkyl halides is 6. The summed E-state index contributed by atoms with van der Waals surface area (Å²) < 4.78 is 81.7. The molecule has 1 rings (SSSR count). The molecule has 25 heavy (non-hydrogen) atoms. The second-order valence-corrected chi connectivity index (χ2v) is 5.25. The van der Waals surface area contributed by atoms with Crippen LogP contribution >= 0.6 is 0 Å². The van der Waals surface area contributed by atoms with Crippen LogP contribution in [0.15, 0.2) is 18.2 Å². The molecule has 2 unspecified atom stereocenters. The van der Waals surface area contributed by atoms with Gasteiger partial charge in [0.25, 0.3) is 0 Å². The number of esters is 1. The van der Waals surface area contributed by atoms with Crippen LogP contribution in [0.5, 0.6) is 0 Å². The van der Waals surface area contributed by atoms with Crippen molar-refractivity contribution in [3.05, 3.63) is 45.0 Å². The fourth-order valence-electron chi connectivity index (χ4n) is 2.17. The number of nitro groups is 1. The maximum Gasteiger partial charge on any atom is 0.416 e. The van der Waals surface area contributed by atoms with Gasteiger partial charge in [0, 0.05) is 11.8 Å². The monoisotopic (exact) mass is 373 g/mol. The third-order valence-corrected chi connectivity index (χ3v) is 3.57. The summed E-state index contributed by atoms with van der Waals surface area (Å²) in [5.41, 5.74) is -3.83. The van der Waals surface area contributed by atoms with Crippen molar-refractivity contribution in [3.8, 4) is 0 Å². The number of carbonyl (C=O) groups is 1. The first-order chi connectivity index (χ1) is 11.3. The lowest BCUT2D eigenvalue weighted by Gasteiger charge is -2.21. The van der Waals surface area contributed by atoms with Gasteiger partial charge in [0.1, 0.15) is 0 Å². The minimum atomic E-state index is -5.09. The van der Waals surface area contributed by atoms with Gasteiger partial charge in [0.15, 0.2) is 0 Å². The Labute approximate surface area is 137 Å². The second kappa shape index (κ2) is 7.28. The van der Waals surface area contributed by atoms with Crippen molar-refractivity contribution >= 4 is 5.97 Å². The van der Waals surface area contributed by atoms with Crippen LogP contribution in [0, 0.1) is 10.1 Å². The highest BCUT2D eigenvalue weighted by Crippen LogP contribution is 2.39. The first-order valence-electron chi connectivity index (χ1n) is 6.77. The smallest absolute Gasteiger partial charge is 0.416 e. The number of nitrogens with zero attached hydrogens (tertiary/aromatic N) is 1. The van der Waals surface area contributed by atoms with Crippen LogP contribution in [0.1, 0.15) is 36.0 Å². The molecule has 0 aliphatic rings. The summed E-state index contributed by atoms with van der Waals surface area (Å²) in [5, 5.41) is 11.0. The van der Waals surface area contributed by atoms with E-state index in [1.807, 2.05) is 0 Å².